The number of nitrogens with one attached hydrogen (secondary N) is 1. The van der Waals surface area contributed by atoms with E-state index >= 15 is 0 Å². The van der Waals surface area contributed by atoms with E-state index in [1.54, 1.807) is 5.48 Å². The van der Waals surface area contributed by atoms with Gasteiger partial charge in [0.2, 0.25) is 5.95 Å². The molecule has 1 fully saturated rings. The van der Waals surface area contributed by atoms with E-state index in [4.69, 9.17) is 5.21 Å². The molecule has 1 aliphatic rings. The summed E-state index contributed by atoms with van der Waals surface area (Å²) in [5, 5.41) is 8.62. The average molecular weight is 301 g/mol. The fraction of sp³-hybridized carbons (Fsp3) is 0.500. The first-order valence-electron chi connectivity index (χ1n) is 5.44. The number of piperidine rings is 1. The number of carbonyl (C=O) groups is 1. The van der Waals surface area contributed by atoms with Gasteiger partial charge in [-0.3, -0.25) is 10.0 Å². The molecule has 0 radical (unpaired) electrons. The molecular weight excluding hydrogens is 288 g/mol. The largest absolute Gasteiger partial charge is 0.341 e. The van der Waals surface area contributed by atoms with Crippen LogP contribution < -0.4 is 10.4 Å². The minimum absolute atomic E-state index is 0.142. The lowest BCUT2D eigenvalue weighted by atomic mass is 10.1. The van der Waals surface area contributed by atoms with E-state index in [0.29, 0.717) is 10.4 Å². The smallest absolute Gasteiger partial charge is 0.294 e. The predicted molar refractivity (Wildman–Crippen MR) is 65.0 cm³/mol. The second-order valence-corrected chi connectivity index (χ2v) is 4.71. The van der Waals surface area contributed by atoms with Crippen molar-refractivity contribution in [3.8, 4) is 0 Å². The lowest BCUT2D eigenvalue weighted by Crippen LogP contribution is -2.32. The number of hydrogen-bond donors (Lipinski definition) is 2. The Balaban J connectivity index is 2.26. The van der Waals surface area contributed by atoms with Gasteiger partial charge in [-0.05, 0) is 35.2 Å². The fourth-order valence-electron chi connectivity index (χ4n) is 1.82. The van der Waals surface area contributed by atoms with Crippen LogP contribution in [-0.4, -0.2) is 34.2 Å². The number of halogens is 1. The molecule has 1 aromatic heterocycles. The molecule has 92 valence electrons. The van der Waals surface area contributed by atoms with Crippen molar-refractivity contribution < 1.29 is 10.0 Å². The van der Waals surface area contributed by atoms with Gasteiger partial charge in [-0.25, -0.2) is 15.4 Å². The van der Waals surface area contributed by atoms with Crippen LogP contribution in [0.25, 0.3) is 0 Å². The molecule has 0 bridgehead atoms. The summed E-state index contributed by atoms with van der Waals surface area (Å²) >= 11 is 3.18. The molecule has 1 amide bonds. The minimum atomic E-state index is -0.641. The van der Waals surface area contributed by atoms with E-state index in [1.807, 2.05) is 4.90 Å². The summed E-state index contributed by atoms with van der Waals surface area (Å²) in [6, 6.07) is 0. The summed E-state index contributed by atoms with van der Waals surface area (Å²) in [5.41, 5.74) is 1.72. The highest BCUT2D eigenvalue weighted by molar-refractivity contribution is 9.10. The maximum atomic E-state index is 11.4. The molecule has 1 aromatic rings. The average Bonchev–Trinajstić information content (AvgIpc) is 2.39. The molecule has 1 saturated heterocycles. The van der Waals surface area contributed by atoms with Crippen molar-refractivity contribution in [3.63, 3.8) is 0 Å². The Morgan fingerprint density at radius 1 is 1.41 bits per heavy atom. The molecule has 17 heavy (non-hydrogen) atoms. The van der Waals surface area contributed by atoms with Crippen molar-refractivity contribution >= 4 is 27.8 Å². The van der Waals surface area contributed by atoms with E-state index in [2.05, 4.69) is 25.9 Å². The van der Waals surface area contributed by atoms with Gasteiger partial charge in [0, 0.05) is 19.3 Å². The van der Waals surface area contributed by atoms with Crippen LogP contribution in [0.3, 0.4) is 0 Å². The zero-order valence-corrected chi connectivity index (χ0v) is 10.8. The van der Waals surface area contributed by atoms with Gasteiger partial charge in [-0.2, -0.15) is 0 Å². The van der Waals surface area contributed by atoms with E-state index in [1.165, 1.54) is 12.6 Å². The quantitative estimate of drug-likeness (QED) is 0.637. The molecule has 0 spiro atoms. The number of amides is 1. The summed E-state index contributed by atoms with van der Waals surface area (Å²) in [6.07, 6.45) is 4.97. The van der Waals surface area contributed by atoms with Crippen molar-refractivity contribution in [2.75, 3.05) is 18.0 Å². The molecule has 1 aliphatic heterocycles. The highest BCUT2D eigenvalue weighted by atomic mass is 79.9. The lowest BCUT2D eigenvalue weighted by Gasteiger charge is -2.26. The molecule has 0 aliphatic carbocycles. The summed E-state index contributed by atoms with van der Waals surface area (Å²) in [6.45, 7) is 1.81. The van der Waals surface area contributed by atoms with Crippen molar-refractivity contribution in [1.29, 1.82) is 0 Å². The molecule has 0 saturated carbocycles. The molecule has 6 nitrogen and oxygen atoms in total. The van der Waals surface area contributed by atoms with Crippen LogP contribution in [0.2, 0.25) is 0 Å². The number of hydrogen-bond acceptors (Lipinski definition) is 5. The standard InChI is InChI=1S/C10H13BrN4O2/c11-7-6-12-10(13-8(7)9(16)14-17)15-4-2-1-3-5-15/h6,17H,1-5H2,(H,14,16). The van der Waals surface area contributed by atoms with Crippen LogP contribution in [0.4, 0.5) is 5.95 Å². The van der Waals surface area contributed by atoms with E-state index in [-0.39, 0.29) is 5.69 Å². The fourth-order valence-corrected chi connectivity index (χ4v) is 2.19. The molecular formula is C10H13BrN4O2. The second-order valence-electron chi connectivity index (χ2n) is 3.86. The Morgan fingerprint density at radius 2 is 2.12 bits per heavy atom. The SMILES string of the molecule is O=C(NO)c1nc(N2CCCCC2)ncc1Br. The Labute approximate surface area is 107 Å². The third-order valence-electron chi connectivity index (χ3n) is 2.69. The van der Waals surface area contributed by atoms with E-state index in [0.717, 1.165) is 25.9 Å². The summed E-state index contributed by atoms with van der Waals surface area (Å²) in [7, 11) is 0. The van der Waals surface area contributed by atoms with Crippen LogP contribution >= 0.6 is 15.9 Å². The first-order valence-corrected chi connectivity index (χ1v) is 6.23. The third-order valence-corrected chi connectivity index (χ3v) is 3.27. The molecule has 0 aromatic carbocycles. The minimum Gasteiger partial charge on any atom is -0.341 e. The highest BCUT2D eigenvalue weighted by Gasteiger charge is 2.18. The van der Waals surface area contributed by atoms with Gasteiger partial charge in [-0.1, -0.05) is 0 Å². The van der Waals surface area contributed by atoms with Gasteiger partial charge in [0.15, 0.2) is 0 Å². The van der Waals surface area contributed by atoms with E-state index < -0.39 is 5.91 Å². The van der Waals surface area contributed by atoms with Gasteiger partial charge < -0.3 is 4.90 Å². The number of carbonyl (C=O) groups excluding carboxylic acids is 1. The first kappa shape index (κ1) is 12.3. The third kappa shape index (κ3) is 2.73. The molecule has 0 atom stereocenters. The number of rotatable bonds is 2. The molecule has 7 heteroatoms. The van der Waals surface area contributed by atoms with Crippen LogP contribution in [0, 0.1) is 0 Å². The van der Waals surface area contributed by atoms with Gasteiger partial charge >= 0.3 is 0 Å². The van der Waals surface area contributed by atoms with E-state index in [9.17, 15) is 4.79 Å². The number of hydroxylamine groups is 1. The molecule has 0 unspecified atom stereocenters. The van der Waals surface area contributed by atoms with Crippen LogP contribution in [0.15, 0.2) is 10.7 Å². The van der Waals surface area contributed by atoms with Crippen LogP contribution in [0.5, 0.6) is 0 Å². The monoisotopic (exact) mass is 300 g/mol. The number of aromatic nitrogens is 2. The lowest BCUT2D eigenvalue weighted by molar-refractivity contribution is 0.0699. The summed E-state index contributed by atoms with van der Waals surface area (Å²) in [4.78, 5) is 21.8. The van der Waals surface area contributed by atoms with Crippen molar-refractivity contribution in [2.45, 2.75) is 19.3 Å². The maximum Gasteiger partial charge on any atom is 0.294 e. The van der Waals surface area contributed by atoms with Gasteiger partial charge in [0.1, 0.15) is 5.69 Å². The summed E-state index contributed by atoms with van der Waals surface area (Å²) < 4.78 is 0.463. The van der Waals surface area contributed by atoms with Gasteiger partial charge in [-0.15, -0.1) is 0 Å². The first-order chi connectivity index (χ1) is 8.22. The second kappa shape index (κ2) is 5.42. The number of nitrogens with zero attached hydrogens (tertiary/aromatic N) is 3. The highest BCUT2D eigenvalue weighted by Crippen LogP contribution is 2.19. The Hall–Kier alpha value is -1.21. The van der Waals surface area contributed by atoms with Gasteiger partial charge in [0.05, 0.1) is 4.47 Å². The topological polar surface area (TPSA) is 78.3 Å². The van der Waals surface area contributed by atoms with Crippen LogP contribution in [0.1, 0.15) is 29.8 Å². The molecule has 2 N–H and O–H groups in total. The maximum absolute atomic E-state index is 11.4. The number of anilines is 1. The van der Waals surface area contributed by atoms with Crippen molar-refractivity contribution in [3.05, 3.63) is 16.4 Å². The van der Waals surface area contributed by atoms with Crippen molar-refractivity contribution in [1.82, 2.24) is 15.4 Å². The Kier molecular flexibility index (Phi) is 3.90. The predicted octanol–water partition coefficient (Wildman–Crippen LogP) is 1.35. The molecule has 2 heterocycles. The summed E-state index contributed by atoms with van der Waals surface area (Å²) in [5.74, 6) is -0.107. The zero-order chi connectivity index (χ0) is 12.3. The van der Waals surface area contributed by atoms with Crippen LogP contribution in [-0.2, 0) is 0 Å². The van der Waals surface area contributed by atoms with Crippen molar-refractivity contribution in [2.24, 2.45) is 0 Å². The molecule has 2 rings (SSSR count). The zero-order valence-electron chi connectivity index (χ0n) is 9.19. The van der Waals surface area contributed by atoms with Gasteiger partial charge in [0.25, 0.3) is 5.91 Å². The normalized spacial score (nSPS) is 15.8. The Bertz CT molecular complexity index is 421. The Morgan fingerprint density at radius 3 is 2.76 bits per heavy atom.